The number of hydrogen-bond donors (Lipinski definition) is 0. The number of rotatable bonds is 2. The molecule has 0 aliphatic heterocycles. The summed E-state index contributed by atoms with van der Waals surface area (Å²) >= 11 is 5.18. The van der Waals surface area contributed by atoms with Gasteiger partial charge >= 0.3 is 0 Å². The van der Waals surface area contributed by atoms with Crippen LogP contribution in [0.3, 0.4) is 0 Å². The normalized spacial score (nSPS) is 11.7. The van der Waals surface area contributed by atoms with Crippen molar-refractivity contribution >= 4 is 49.3 Å². The quantitative estimate of drug-likeness (QED) is 0.400. The van der Waals surface area contributed by atoms with Crippen molar-refractivity contribution in [3.63, 3.8) is 0 Å². The summed E-state index contributed by atoms with van der Waals surface area (Å²) in [5, 5.41) is 5.33. The molecule has 0 saturated carbocycles. The van der Waals surface area contributed by atoms with E-state index in [0.717, 1.165) is 48.4 Å². The van der Waals surface area contributed by atoms with Crippen LogP contribution in [-0.4, -0.2) is 24.1 Å². The maximum absolute atomic E-state index is 4.93. The first-order valence-corrected chi connectivity index (χ1v) is 9.76. The molecule has 0 saturated heterocycles. The van der Waals surface area contributed by atoms with E-state index in [1.54, 1.807) is 11.3 Å². The summed E-state index contributed by atoms with van der Waals surface area (Å²) in [6, 6.07) is 6.16. The van der Waals surface area contributed by atoms with Crippen molar-refractivity contribution < 1.29 is 0 Å². The van der Waals surface area contributed by atoms with Crippen LogP contribution in [0.4, 0.5) is 0 Å². The third kappa shape index (κ3) is 2.31. The molecule has 0 aliphatic carbocycles. The summed E-state index contributed by atoms with van der Waals surface area (Å²) < 4.78 is 5.05. The van der Waals surface area contributed by atoms with E-state index in [4.69, 9.17) is 4.98 Å². The molecule has 0 aliphatic rings. The third-order valence-corrected chi connectivity index (χ3v) is 5.83. The lowest BCUT2D eigenvalue weighted by Crippen LogP contribution is -1.86. The van der Waals surface area contributed by atoms with Gasteiger partial charge in [0.05, 0.1) is 5.69 Å². The summed E-state index contributed by atoms with van der Waals surface area (Å²) in [4.78, 5) is 13.9. The Labute approximate surface area is 162 Å². The van der Waals surface area contributed by atoms with Crippen molar-refractivity contribution in [2.75, 3.05) is 0 Å². The molecule has 5 nitrogen and oxygen atoms in total. The molecule has 0 atom stereocenters. The molecular weight excluding hydrogens is 410 g/mol. The monoisotopic (exact) mass is 423 g/mol. The number of pyridine rings is 2. The molecule has 5 heterocycles. The summed E-state index contributed by atoms with van der Waals surface area (Å²) in [7, 11) is 4.03. The van der Waals surface area contributed by atoms with Gasteiger partial charge in [0.2, 0.25) is 0 Å². The van der Waals surface area contributed by atoms with E-state index in [1.165, 1.54) is 0 Å². The Bertz CT molecular complexity index is 1280. The van der Waals surface area contributed by atoms with Gasteiger partial charge in [-0.2, -0.15) is 0 Å². The van der Waals surface area contributed by atoms with Crippen LogP contribution in [0.5, 0.6) is 0 Å². The average Bonchev–Trinajstić information content (AvgIpc) is 3.32. The van der Waals surface area contributed by atoms with Crippen LogP contribution in [0.25, 0.3) is 43.9 Å². The van der Waals surface area contributed by atoms with E-state index in [2.05, 4.69) is 55.8 Å². The fourth-order valence-corrected chi connectivity index (χ4v) is 4.52. The van der Waals surface area contributed by atoms with Gasteiger partial charge in [0.1, 0.15) is 16.3 Å². The van der Waals surface area contributed by atoms with Crippen LogP contribution in [0.1, 0.15) is 0 Å². The Kier molecular flexibility index (Phi) is 3.48. The SMILES string of the molecule is Cn1cc(-c2csc(-c3cn(C)c4ncccc34)n2)c2cc(Br)cnc21. The second kappa shape index (κ2) is 5.75. The standard InChI is InChI=1S/C19H14BrN5S/c1-24-8-14(13-6-11(20)7-22-18(13)24)16-10-26-19(23-16)15-9-25(2)17-12(15)4-3-5-21-17/h3-10H,1-2H3. The fraction of sp³-hybridized carbons (Fsp3) is 0.105. The third-order valence-electron chi connectivity index (χ3n) is 4.52. The molecule has 5 rings (SSSR count). The first-order chi connectivity index (χ1) is 12.6. The zero-order chi connectivity index (χ0) is 17.8. The zero-order valence-corrected chi connectivity index (χ0v) is 16.5. The minimum absolute atomic E-state index is 0.951. The number of aromatic nitrogens is 5. The molecule has 128 valence electrons. The smallest absolute Gasteiger partial charge is 0.140 e. The fourth-order valence-electron chi connectivity index (χ4n) is 3.34. The Hall–Kier alpha value is -2.51. The van der Waals surface area contributed by atoms with Crippen molar-refractivity contribution in [1.29, 1.82) is 0 Å². The number of halogens is 1. The highest BCUT2D eigenvalue weighted by molar-refractivity contribution is 9.10. The van der Waals surface area contributed by atoms with E-state index < -0.39 is 0 Å². The number of hydrogen-bond acceptors (Lipinski definition) is 4. The van der Waals surface area contributed by atoms with Crippen LogP contribution < -0.4 is 0 Å². The van der Waals surface area contributed by atoms with E-state index in [9.17, 15) is 0 Å². The molecule has 7 heteroatoms. The maximum Gasteiger partial charge on any atom is 0.140 e. The second-order valence-electron chi connectivity index (χ2n) is 6.24. The van der Waals surface area contributed by atoms with Gasteiger partial charge in [0, 0.05) is 70.6 Å². The first kappa shape index (κ1) is 15.7. The van der Waals surface area contributed by atoms with E-state index in [1.807, 2.05) is 41.7 Å². The predicted molar refractivity (Wildman–Crippen MR) is 109 cm³/mol. The summed E-state index contributed by atoms with van der Waals surface area (Å²) in [6.45, 7) is 0. The molecule has 0 spiro atoms. The second-order valence-corrected chi connectivity index (χ2v) is 8.02. The highest BCUT2D eigenvalue weighted by atomic mass is 79.9. The molecule has 5 aromatic heterocycles. The first-order valence-electron chi connectivity index (χ1n) is 8.09. The summed E-state index contributed by atoms with van der Waals surface area (Å²) in [5.41, 5.74) is 5.10. The van der Waals surface area contributed by atoms with Gasteiger partial charge in [-0.3, -0.25) is 0 Å². The van der Waals surface area contributed by atoms with Gasteiger partial charge in [-0.1, -0.05) is 0 Å². The van der Waals surface area contributed by atoms with Gasteiger partial charge in [-0.25, -0.2) is 15.0 Å². The van der Waals surface area contributed by atoms with E-state index in [0.29, 0.717) is 0 Å². The highest BCUT2D eigenvalue weighted by Crippen LogP contribution is 2.36. The average molecular weight is 424 g/mol. The van der Waals surface area contributed by atoms with Crippen LogP contribution >= 0.6 is 27.3 Å². The molecule has 26 heavy (non-hydrogen) atoms. The minimum Gasteiger partial charge on any atom is -0.335 e. The molecule has 0 fully saturated rings. The van der Waals surface area contributed by atoms with Crippen molar-refractivity contribution in [2.24, 2.45) is 14.1 Å². The van der Waals surface area contributed by atoms with Gasteiger partial charge in [-0.15, -0.1) is 11.3 Å². The van der Waals surface area contributed by atoms with Crippen LogP contribution in [-0.2, 0) is 14.1 Å². The zero-order valence-electron chi connectivity index (χ0n) is 14.1. The molecular formula is C19H14BrN5S. The summed E-state index contributed by atoms with van der Waals surface area (Å²) in [6.07, 6.45) is 7.83. The van der Waals surface area contributed by atoms with E-state index in [-0.39, 0.29) is 0 Å². The van der Waals surface area contributed by atoms with E-state index >= 15 is 0 Å². The lowest BCUT2D eigenvalue weighted by atomic mass is 10.2. The topological polar surface area (TPSA) is 48.5 Å². The lowest BCUT2D eigenvalue weighted by Gasteiger charge is -1.96. The summed E-state index contributed by atoms with van der Waals surface area (Å²) in [5.74, 6) is 0. The molecule has 5 aromatic rings. The van der Waals surface area contributed by atoms with Gasteiger partial charge < -0.3 is 9.13 Å². The Morgan fingerprint density at radius 1 is 1.00 bits per heavy atom. The Morgan fingerprint density at radius 3 is 2.62 bits per heavy atom. The van der Waals surface area contributed by atoms with Crippen molar-refractivity contribution in [2.45, 2.75) is 0 Å². The molecule has 0 bridgehead atoms. The molecule has 0 radical (unpaired) electrons. The number of thiazole rings is 1. The van der Waals surface area contributed by atoms with Crippen molar-refractivity contribution in [1.82, 2.24) is 24.1 Å². The molecule has 0 unspecified atom stereocenters. The van der Waals surface area contributed by atoms with Crippen LogP contribution in [0, 0.1) is 0 Å². The molecule has 0 aromatic carbocycles. The van der Waals surface area contributed by atoms with Crippen molar-refractivity contribution in [3.05, 3.63) is 52.8 Å². The van der Waals surface area contributed by atoms with Crippen molar-refractivity contribution in [3.8, 4) is 21.8 Å². The molecule has 0 N–H and O–H groups in total. The maximum atomic E-state index is 4.93. The largest absolute Gasteiger partial charge is 0.335 e. The predicted octanol–water partition coefficient (Wildman–Crippen LogP) is 5.01. The van der Waals surface area contributed by atoms with Gasteiger partial charge in [0.25, 0.3) is 0 Å². The number of aryl methyl sites for hydroxylation is 2. The van der Waals surface area contributed by atoms with Gasteiger partial charge in [0.15, 0.2) is 0 Å². The Morgan fingerprint density at radius 2 is 1.77 bits per heavy atom. The van der Waals surface area contributed by atoms with Crippen LogP contribution in [0.15, 0.2) is 52.8 Å². The minimum atomic E-state index is 0.951. The van der Waals surface area contributed by atoms with Crippen LogP contribution in [0.2, 0.25) is 0 Å². The number of fused-ring (bicyclic) bond motifs is 2. The van der Waals surface area contributed by atoms with Gasteiger partial charge in [-0.05, 0) is 34.1 Å². The highest BCUT2D eigenvalue weighted by Gasteiger charge is 2.16. The number of nitrogens with zero attached hydrogens (tertiary/aromatic N) is 5. The Balaban J connectivity index is 1.68. The lowest BCUT2D eigenvalue weighted by molar-refractivity contribution is 0.948. The molecule has 0 amide bonds.